The van der Waals surface area contributed by atoms with Gasteiger partial charge < -0.3 is 20.1 Å². The molecule has 2 heterocycles. The fourth-order valence-electron chi connectivity index (χ4n) is 5.40. The highest BCUT2D eigenvalue weighted by Gasteiger charge is 2.28. The molecule has 184 valence electrons. The molecule has 1 saturated carbocycles. The highest BCUT2D eigenvalue weighted by Crippen LogP contribution is 2.43. The fourth-order valence-corrected chi connectivity index (χ4v) is 5.40. The number of imidazole rings is 1. The number of fused-ring (bicyclic) bond motifs is 2. The van der Waals surface area contributed by atoms with E-state index in [-0.39, 0.29) is 6.04 Å². The lowest BCUT2D eigenvalue weighted by Crippen LogP contribution is -2.30. The van der Waals surface area contributed by atoms with Crippen LogP contribution < -0.4 is 10.6 Å². The Kier molecular flexibility index (Phi) is 6.32. The molecular formula is C27H33FN6O. The lowest BCUT2D eigenvalue weighted by Gasteiger charge is -2.27. The Bertz CT molecular complexity index is 1300. The van der Waals surface area contributed by atoms with Crippen LogP contribution in [0.25, 0.3) is 22.2 Å². The average Bonchev–Trinajstić information content (AvgIpc) is 3.48. The number of carbonyl (C=O) groups is 1. The summed E-state index contributed by atoms with van der Waals surface area (Å²) in [4.78, 5) is 26.0. The zero-order chi connectivity index (χ0) is 24.7. The number of halogens is 1. The second-order valence-electron chi connectivity index (χ2n) is 9.97. The Morgan fingerprint density at radius 3 is 2.71 bits per heavy atom. The van der Waals surface area contributed by atoms with E-state index in [1.54, 1.807) is 6.33 Å². The molecule has 2 aromatic carbocycles. The van der Waals surface area contributed by atoms with Gasteiger partial charge in [0.05, 0.1) is 40.3 Å². The highest BCUT2D eigenvalue weighted by molar-refractivity contribution is 6.06. The van der Waals surface area contributed by atoms with Crippen molar-refractivity contribution < 1.29 is 9.18 Å². The maximum atomic E-state index is 14.7. The van der Waals surface area contributed by atoms with Crippen LogP contribution in [0.5, 0.6) is 0 Å². The minimum atomic E-state index is -0.833. The lowest BCUT2D eigenvalue weighted by atomic mass is 9.92. The third-order valence-electron chi connectivity index (χ3n) is 7.33. The molecule has 1 aromatic heterocycles. The molecule has 2 atom stereocenters. The number of rotatable bonds is 7. The fraction of sp³-hybridized carbons (Fsp3) is 0.444. The summed E-state index contributed by atoms with van der Waals surface area (Å²) in [5, 5.41) is 0. The number of likely N-dealkylation sites (N-methyl/N-ethyl adjacent to an activating group) is 2. The van der Waals surface area contributed by atoms with Gasteiger partial charge in [0, 0.05) is 38.3 Å². The molecular weight excluding hydrogens is 443 g/mol. The van der Waals surface area contributed by atoms with Crippen molar-refractivity contribution >= 4 is 34.5 Å². The molecule has 7 nitrogen and oxygen atoms in total. The molecule has 0 saturated heterocycles. The van der Waals surface area contributed by atoms with Crippen molar-refractivity contribution in [2.45, 2.75) is 44.3 Å². The van der Waals surface area contributed by atoms with Gasteiger partial charge in [-0.1, -0.05) is 18.9 Å². The Morgan fingerprint density at radius 2 is 1.97 bits per heavy atom. The summed E-state index contributed by atoms with van der Waals surface area (Å²) in [6.07, 6.45) is 6.80. The third kappa shape index (κ3) is 4.31. The van der Waals surface area contributed by atoms with E-state index in [9.17, 15) is 9.18 Å². The Morgan fingerprint density at radius 1 is 1.17 bits per heavy atom. The quantitative estimate of drug-likeness (QED) is 0.544. The van der Waals surface area contributed by atoms with E-state index in [1.165, 1.54) is 0 Å². The van der Waals surface area contributed by atoms with Gasteiger partial charge >= 0.3 is 0 Å². The molecule has 1 aliphatic heterocycles. The second kappa shape index (κ2) is 9.41. The number of benzene rings is 2. The van der Waals surface area contributed by atoms with Gasteiger partial charge in [-0.05, 0) is 56.3 Å². The normalized spacial score (nSPS) is 19.5. The predicted octanol–water partition coefficient (Wildman–Crippen LogP) is 4.51. The van der Waals surface area contributed by atoms with Gasteiger partial charge in [0.15, 0.2) is 0 Å². The number of hydrogen-bond acceptors (Lipinski definition) is 5. The predicted molar refractivity (Wildman–Crippen MR) is 140 cm³/mol. The smallest absolute Gasteiger partial charge is 0.251 e. The van der Waals surface area contributed by atoms with Crippen LogP contribution in [-0.2, 0) is 6.42 Å². The number of carbonyl (C=O) groups excluding carboxylic acids is 1. The molecule has 2 aliphatic rings. The minimum absolute atomic E-state index is 0.153. The maximum absolute atomic E-state index is 14.7. The SMILES string of the molecule is CN(C)CCN(C)c1cc(-c2ccc3c(c2)ncn3[C@@H]2CCCC[C@H]2F)c2c(c1C(N)=O)CC=N2. The lowest BCUT2D eigenvalue weighted by molar-refractivity contribution is 0.1000. The Labute approximate surface area is 205 Å². The van der Waals surface area contributed by atoms with Crippen LogP contribution in [0.4, 0.5) is 15.8 Å². The number of amides is 1. The first-order chi connectivity index (χ1) is 16.8. The number of aliphatic imine (C=N–C) groups is 1. The molecule has 35 heavy (non-hydrogen) atoms. The molecule has 1 fully saturated rings. The van der Waals surface area contributed by atoms with Gasteiger partial charge in [0.2, 0.25) is 0 Å². The average molecular weight is 477 g/mol. The van der Waals surface area contributed by atoms with Crippen molar-refractivity contribution in [3.05, 3.63) is 41.7 Å². The molecule has 0 radical (unpaired) electrons. The summed E-state index contributed by atoms with van der Waals surface area (Å²) in [5.74, 6) is -0.438. The van der Waals surface area contributed by atoms with Gasteiger partial charge in [-0.2, -0.15) is 0 Å². The van der Waals surface area contributed by atoms with Gasteiger partial charge in [0.25, 0.3) is 5.91 Å². The Balaban J connectivity index is 1.59. The van der Waals surface area contributed by atoms with Crippen LogP contribution in [0.2, 0.25) is 0 Å². The van der Waals surface area contributed by atoms with Gasteiger partial charge in [0.1, 0.15) is 6.17 Å². The molecule has 2 N–H and O–H groups in total. The number of primary amides is 1. The maximum Gasteiger partial charge on any atom is 0.251 e. The number of nitrogens with zero attached hydrogens (tertiary/aromatic N) is 5. The van der Waals surface area contributed by atoms with E-state index in [0.717, 1.165) is 71.5 Å². The molecule has 0 bridgehead atoms. The molecule has 3 aromatic rings. The summed E-state index contributed by atoms with van der Waals surface area (Å²) in [6.45, 7) is 1.60. The van der Waals surface area contributed by atoms with Crippen LogP contribution in [0.1, 0.15) is 47.6 Å². The van der Waals surface area contributed by atoms with Crippen LogP contribution in [0.3, 0.4) is 0 Å². The molecule has 5 rings (SSSR count). The summed E-state index contributed by atoms with van der Waals surface area (Å²) in [5.41, 5.74) is 12.6. The largest absolute Gasteiger partial charge is 0.373 e. The van der Waals surface area contributed by atoms with Gasteiger partial charge in [-0.3, -0.25) is 9.79 Å². The molecule has 8 heteroatoms. The van der Waals surface area contributed by atoms with E-state index in [4.69, 9.17) is 5.73 Å². The first-order valence-corrected chi connectivity index (χ1v) is 12.3. The minimum Gasteiger partial charge on any atom is -0.373 e. The number of alkyl halides is 1. The first kappa shape index (κ1) is 23.5. The topological polar surface area (TPSA) is 79.8 Å². The summed E-state index contributed by atoms with van der Waals surface area (Å²) in [6, 6.07) is 7.99. The molecule has 1 amide bonds. The van der Waals surface area contributed by atoms with Crippen molar-refractivity contribution in [2.75, 3.05) is 39.1 Å². The van der Waals surface area contributed by atoms with E-state index >= 15 is 0 Å². The van der Waals surface area contributed by atoms with Gasteiger partial charge in [-0.15, -0.1) is 0 Å². The molecule has 1 aliphatic carbocycles. The second-order valence-corrected chi connectivity index (χ2v) is 9.97. The van der Waals surface area contributed by atoms with Crippen LogP contribution >= 0.6 is 0 Å². The van der Waals surface area contributed by atoms with Crippen molar-refractivity contribution in [1.29, 1.82) is 0 Å². The summed E-state index contributed by atoms with van der Waals surface area (Å²) in [7, 11) is 6.04. The van der Waals surface area contributed by atoms with Crippen molar-refractivity contribution in [2.24, 2.45) is 10.7 Å². The van der Waals surface area contributed by atoms with E-state index in [0.29, 0.717) is 18.4 Å². The number of anilines is 1. The zero-order valence-electron chi connectivity index (χ0n) is 20.7. The van der Waals surface area contributed by atoms with E-state index in [2.05, 4.69) is 19.8 Å². The Hall–Kier alpha value is -3.26. The van der Waals surface area contributed by atoms with Crippen LogP contribution in [-0.4, -0.2) is 67.0 Å². The number of aromatic nitrogens is 2. The van der Waals surface area contributed by atoms with Crippen molar-refractivity contribution in [3.63, 3.8) is 0 Å². The number of nitrogens with two attached hydrogens (primary N) is 1. The van der Waals surface area contributed by atoms with Gasteiger partial charge in [-0.25, -0.2) is 9.37 Å². The summed E-state index contributed by atoms with van der Waals surface area (Å²) < 4.78 is 16.7. The molecule has 0 spiro atoms. The summed E-state index contributed by atoms with van der Waals surface area (Å²) >= 11 is 0. The first-order valence-electron chi connectivity index (χ1n) is 12.3. The standard InChI is InChI=1S/C27H33FN6O/c1-32(2)12-13-33(3)24-15-19(26-18(10-11-30-26)25(24)27(29)35)17-8-9-23-21(14-17)31-16-34(23)22-7-5-4-6-20(22)28/h8-9,11,14-16,20,22H,4-7,10,12-13H2,1-3H3,(H2,29,35)/t20-,22-/m1/s1. The van der Waals surface area contributed by atoms with Crippen molar-refractivity contribution in [3.8, 4) is 11.1 Å². The molecule has 0 unspecified atom stereocenters. The third-order valence-corrected chi connectivity index (χ3v) is 7.33. The zero-order valence-corrected chi connectivity index (χ0v) is 20.7. The van der Waals surface area contributed by atoms with E-state index < -0.39 is 12.1 Å². The van der Waals surface area contributed by atoms with Crippen molar-refractivity contribution in [1.82, 2.24) is 14.5 Å². The van der Waals surface area contributed by atoms with Crippen LogP contribution in [0, 0.1) is 0 Å². The van der Waals surface area contributed by atoms with E-state index in [1.807, 2.05) is 56.2 Å². The van der Waals surface area contributed by atoms with Crippen LogP contribution in [0.15, 0.2) is 35.6 Å². The number of hydrogen-bond donors (Lipinski definition) is 1. The monoisotopic (exact) mass is 476 g/mol. The highest BCUT2D eigenvalue weighted by atomic mass is 19.1.